The highest BCUT2D eigenvalue weighted by Gasteiger charge is 2.22. The lowest BCUT2D eigenvalue weighted by molar-refractivity contribution is -0.128. The number of hydrogen-bond acceptors (Lipinski definition) is 6. The zero-order valence-corrected chi connectivity index (χ0v) is 19.2. The number of halogens is 1. The molecule has 0 aliphatic rings. The van der Waals surface area contributed by atoms with Gasteiger partial charge >= 0.3 is 0 Å². The molecule has 0 radical (unpaired) electrons. The van der Waals surface area contributed by atoms with Crippen LogP contribution >= 0.6 is 0 Å². The highest BCUT2D eigenvalue weighted by atomic mass is 19.1. The zero-order valence-electron chi connectivity index (χ0n) is 19.2. The van der Waals surface area contributed by atoms with Crippen molar-refractivity contribution in [1.29, 1.82) is 0 Å². The van der Waals surface area contributed by atoms with E-state index in [0.717, 1.165) is 5.56 Å². The smallest absolute Gasteiger partial charge is 0.249 e. The summed E-state index contributed by atoms with van der Waals surface area (Å²) in [6, 6.07) is 20.9. The first-order valence-electron chi connectivity index (χ1n) is 11.1. The summed E-state index contributed by atoms with van der Waals surface area (Å²) in [5.74, 6) is -0.201. The van der Waals surface area contributed by atoms with Crippen LogP contribution in [0.1, 0.15) is 5.56 Å². The molecule has 1 aromatic heterocycles. The summed E-state index contributed by atoms with van der Waals surface area (Å²) < 4.78 is 25.8. The molecule has 0 saturated heterocycles. The lowest BCUT2D eigenvalue weighted by Gasteiger charge is -2.19. The zero-order chi connectivity index (χ0) is 25.2. The van der Waals surface area contributed by atoms with E-state index < -0.39 is 17.9 Å². The molecule has 1 unspecified atom stereocenters. The minimum Gasteiger partial charge on any atom is -0.457 e. The Balaban J connectivity index is 1.36. The predicted octanol–water partition coefficient (Wildman–Crippen LogP) is 3.55. The molecule has 36 heavy (non-hydrogen) atoms. The Hall–Kier alpha value is -4.57. The van der Waals surface area contributed by atoms with Gasteiger partial charge in [-0.2, -0.15) is 5.10 Å². The van der Waals surface area contributed by atoms with Crippen molar-refractivity contribution in [2.75, 3.05) is 11.9 Å². The summed E-state index contributed by atoms with van der Waals surface area (Å²) in [6.45, 7) is 0.173. The van der Waals surface area contributed by atoms with Crippen LogP contribution in [-0.2, 0) is 27.5 Å². The van der Waals surface area contributed by atoms with Crippen LogP contribution in [0, 0.1) is 5.82 Å². The maximum atomic E-state index is 13.1. The van der Waals surface area contributed by atoms with Crippen molar-refractivity contribution in [3.05, 3.63) is 103 Å². The number of carbonyl (C=O) groups excluding carboxylic acids is 2. The molecule has 0 aliphatic heterocycles. The molecule has 0 bridgehead atoms. The quantitative estimate of drug-likeness (QED) is 0.334. The molecule has 0 aliphatic carbocycles. The first kappa shape index (κ1) is 24.6. The van der Waals surface area contributed by atoms with Crippen LogP contribution in [0.15, 0.2) is 91.5 Å². The van der Waals surface area contributed by atoms with Crippen molar-refractivity contribution in [1.82, 2.24) is 20.1 Å². The number of aromatic nitrogens is 3. The first-order valence-corrected chi connectivity index (χ1v) is 11.1. The highest BCUT2D eigenvalue weighted by Crippen LogP contribution is 2.23. The van der Waals surface area contributed by atoms with E-state index in [1.807, 2.05) is 30.3 Å². The van der Waals surface area contributed by atoms with Gasteiger partial charge in [0.05, 0.1) is 13.2 Å². The van der Waals surface area contributed by atoms with Gasteiger partial charge in [-0.15, -0.1) is 0 Å². The maximum Gasteiger partial charge on any atom is 0.249 e. The van der Waals surface area contributed by atoms with E-state index in [2.05, 4.69) is 20.7 Å². The molecule has 0 saturated carbocycles. The third kappa shape index (κ3) is 7.47. The second kappa shape index (κ2) is 12.2. The van der Waals surface area contributed by atoms with Crippen molar-refractivity contribution in [2.24, 2.45) is 0 Å². The number of hydrogen-bond donors (Lipinski definition) is 2. The van der Waals surface area contributed by atoms with E-state index in [1.54, 1.807) is 24.3 Å². The monoisotopic (exact) mass is 489 g/mol. The Labute approximate surface area is 206 Å². The van der Waals surface area contributed by atoms with Gasteiger partial charge in [0.2, 0.25) is 11.8 Å². The third-order valence-electron chi connectivity index (χ3n) is 4.99. The molecule has 4 rings (SSSR count). The van der Waals surface area contributed by atoms with Crippen LogP contribution in [-0.4, -0.2) is 39.2 Å². The minimum atomic E-state index is -0.945. The van der Waals surface area contributed by atoms with E-state index in [-0.39, 0.29) is 19.0 Å². The normalized spacial score (nSPS) is 11.5. The molecule has 2 N–H and O–H groups in total. The van der Waals surface area contributed by atoms with Crippen molar-refractivity contribution in [2.45, 2.75) is 19.2 Å². The van der Waals surface area contributed by atoms with Gasteiger partial charge < -0.3 is 20.1 Å². The second-order valence-electron chi connectivity index (χ2n) is 7.78. The van der Waals surface area contributed by atoms with Crippen LogP contribution in [0.5, 0.6) is 11.5 Å². The van der Waals surface area contributed by atoms with Gasteiger partial charge in [-0.05, 0) is 54.1 Å². The predicted molar refractivity (Wildman–Crippen MR) is 130 cm³/mol. The Bertz CT molecular complexity index is 1250. The number of benzene rings is 3. The summed E-state index contributed by atoms with van der Waals surface area (Å²) in [5.41, 5.74) is 1.45. The number of ether oxygens (including phenoxy) is 2. The largest absolute Gasteiger partial charge is 0.457 e. The summed E-state index contributed by atoms with van der Waals surface area (Å²) in [5, 5.41) is 9.37. The van der Waals surface area contributed by atoms with E-state index in [4.69, 9.17) is 9.47 Å². The van der Waals surface area contributed by atoms with Gasteiger partial charge in [-0.1, -0.05) is 30.3 Å². The fraction of sp³-hybridized carbons (Fsp3) is 0.154. The Morgan fingerprint density at radius 3 is 2.31 bits per heavy atom. The van der Waals surface area contributed by atoms with E-state index >= 15 is 0 Å². The van der Waals surface area contributed by atoms with Gasteiger partial charge in [-0.3, -0.25) is 9.59 Å². The van der Waals surface area contributed by atoms with Crippen LogP contribution in [0.3, 0.4) is 0 Å². The second-order valence-corrected chi connectivity index (χ2v) is 7.78. The van der Waals surface area contributed by atoms with Gasteiger partial charge in [0.1, 0.15) is 42.6 Å². The fourth-order valence-electron chi connectivity index (χ4n) is 3.23. The molecular weight excluding hydrogens is 465 g/mol. The standard InChI is InChI=1S/C26H24FN5O4/c27-20-6-10-22(11-7-20)36-23-12-8-21(9-13-23)30-26(34)24(16-35-15-19-4-2-1-3-5-19)31-25(33)14-32-18-28-17-29-32/h1-13,17-18,24H,14-16H2,(H,30,34)(H,31,33). The fourth-order valence-corrected chi connectivity index (χ4v) is 3.23. The van der Waals surface area contributed by atoms with Crippen molar-refractivity contribution < 1.29 is 23.5 Å². The summed E-state index contributed by atoms with van der Waals surface area (Å²) in [4.78, 5) is 29.3. The number of carbonyl (C=O) groups is 2. The van der Waals surface area contributed by atoms with Crippen molar-refractivity contribution in [3.8, 4) is 11.5 Å². The van der Waals surface area contributed by atoms with E-state index in [0.29, 0.717) is 23.8 Å². The number of nitrogens with zero attached hydrogens (tertiary/aromatic N) is 3. The van der Waals surface area contributed by atoms with Crippen molar-refractivity contribution in [3.63, 3.8) is 0 Å². The lowest BCUT2D eigenvalue weighted by Crippen LogP contribution is -2.47. The number of rotatable bonds is 11. The Kier molecular flexibility index (Phi) is 8.34. The van der Waals surface area contributed by atoms with Gasteiger partial charge in [0.25, 0.3) is 0 Å². The number of nitrogens with one attached hydrogen (secondary N) is 2. The molecule has 0 spiro atoms. The SMILES string of the molecule is O=C(Cn1cncn1)NC(COCc1ccccc1)C(=O)Nc1ccc(Oc2ccc(F)cc2)cc1. The van der Waals surface area contributed by atoms with Crippen LogP contribution in [0.25, 0.3) is 0 Å². The van der Waals surface area contributed by atoms with Crippen LogP contribution in [0.4, 0.5) is 10.1 Å². The molecular formula is C26H24FN5O4. The first-order chi connectivity index (χ1) is 17.5. The number of anilines is 1. The average Bonchev–Trinajstić information content (AvgIpc) is 3.39. The summed E-state index contributed by atoms with van der Waals surface area (Å²) in [6.07, 6.45) is 2.74. The molecule has 0 fully saturated rings. The van der Waals surface area contributed by atoms with Crippen LogP contribution < -0.4 is 15.4 Å². The summed E-state index contributed by atoms with van der Waals surface area (Å²) >= 11 is 0. The minimum absolute atomic E-state index is 0.0322. The molecule has 9 nitrogen and oxygen atoms in total. The van der Waals surface area contributed by atoms with E-state index in [1.165, 1.54) is 41.6 Å². The van der Waals surface area contributed by atoms with Crippen LogP contribution in [0.2, 0.25) is 0 Å². The van der Waals surface area contributed by atoms with Gasteiger partial charge in [0.15, 0.2) is 0 Å². The maximum absolute atomic E-state index is 13.1. The van der Waals surface area contributed by atoms with Crippen molar-refractivity contribution >= 4 is 17.5 Å². The average molecular weight is 490 g/mol. The molecule has 2 amide bonds. The Morgan fingerprint density at radius 1 is 0.944 bits per heavy atom. The lowest BCUT2D eigenvalue weighted by atomic mass is 10.2. The molecule has 184 valence electrons. The van der Waals surface area contributed by atoms with E-state index in [9.17, 15) is 14.0 Å². The summed E-state index contributed by atoms with van der Waals surface area (Å²) in [7, 11) is 0. The molecule has 1 atom stereocenters. The van der Waals surface area contributed by atoms with Gasteiger partial charge in [0, 0.05) is 5.69 Å². The molecule has 3 aromatic carbocycles. The number of amides is 2. The van der Waals surface area contributed by atoms with Gasteiger partial charge in [-0.25, -0.2) is 14.1 Å². The third-order valence-corrected chi connectivity index (χ3v) is 4.99. The Morgan fingerprint density at radius 2 is 1.64 bits per heavy atom. The highest BCUT2D eigenvalue weighted by molar-refractivity contribution is 5.97. The molecule has 10 heteroatoms. The molecule has 1 heterocycles. The topological polar surface area (TPSA) is 107 Å². The molecule has 4 aromatic rings.